The van der Waals surface area contributed by atoms with E-state index in [1.165, 1.54) is 19.3 Å². The molecular weight excluding hydrogens is 534 g/mol. The third-order valence-electron chi connectivity index (χ3n) is 7.68. The van der Waals surface area contributed by atoms with Gasteiger partial charge in [-0.15, -0.1) is 0 Å². The largest absolute Gasteiger partial charge is 0.359 e. The molecule has 2 aromatic heterocycles. The number of carbonyl (C=O) groups is 3. The van der Waals surface area contributed by atoms with Gasteiger partial charge in [-0.1, -0.05) is 38.4 Å². The Balaban J connectivity index is 1.25. The van der Waals surface area contributed by atoms with Crippen molar-refractivity contribution in [3.05, 3.63) is 52.5 Å². The second-order valence-electron chi connectivity index (χ2n) is 12.0. The number of nitrogens with zero attached hydrogens (tertiary/aromatic N) is 2. The molecule has 0 spiro atoms. The van der Waals surface area contributed by atoms with Crippen LogP contribution < -0.4 is 21.3 Å². The van der Waals surface area contributed by atoms with E-state index in [2.05, 4.69) is 36.3 Å². The Morgan fingerprint density at radius 2 is 1.83 bits per heavy atom. The smallest absolute Gasteiger partial charge is 0.324 e. The number of benzene rings is 1. The lowest BCUT2D eigenvalue weighted by Crippen LogP contribution is -2.32. The zero-order chi connectivity index (χ0) is 30.0. The fourth-order valence-electron chi connectivity index (χ4n) is 5.28. The van der Waals surface area contributed by atoms with E-state index < -0.39 is 6.03 Å². The quantitative estimate of drug-likeness (QED) is 0.224. The maximum absolute atomic E-state index is 12.9. The summed E-state index contributed by atoms with van der Waals surface area (Å²) in [5, 5.41) is 15.3. The number of nitrogens with one attached hydrogen (secondary N) is 5. The van der Waals surface area contributed by atoms with Gasteiger partial charge in [-0.2, -0.15) is 0 Å². The van der Waals surface area contributed by atoms with Crippen molar-refractivity contribution in [3.63, 3.8) is 0 Å². The van der Waals surface area contributed by atoms with E-state index in [1.807, 2.05) is 34.6 Å². The first-order chi connectivity index (χ1) is 20.0. The first-order valence-electron chi connectivity index (χ1n) is 14.4. The van der Waals surface area contributed by atoms with Gasteiger partial charge >= 0.3 is 6.03 Å². The SMILES string of the molecule is Cc1[nH]c(C=C2C(=O)Nc3cc(NC(=O)Nc4cc(C(C)(C)C)on4)ccc32)c(C)c1NC(=O)CCN1CCCCC1. The third-order valence-corrected chi connectivity index (χ3v) is 7.68. The highest BCUT2D eigenvalue weighted by atomic mass is 16.5. The summed E-state index contributed by atoms with van der Waals surface area (Å²) >= 11 is 0. The molecule has 5 N–H and O–H groups in total. The van der Waals surface area contributed by atoms with Gasteiger partial charge in [-0.25, -0.2) is 4.79 Å². The number of aryl methyl sites for hydroxylation is 1. The van der Waals surface area contributed by atoms with E-state index in [0.717, 1.165) is 47.8 Å². The van der Waals surface area contributed by atoms with Gasteiger partial charge in [0.15, 0.2) is 5.82 Å². The fourth-order valence-corrected chi connectivity index (χ4v) is 5.28. The Morgan fingerprint density at radius 3 is 2.55 bits per heavy atom. The molecule has 0 radical (unpaired) electrons. The van der Waals surface area contributed by atoms with Crippen molar-refractivity contribution in [3.8, 4) is 0 Å². The summed E-state index contributed by atoms with van der Waals surface area (Å²) in [5.41, 5.74) is 5.27. The van der Waals surface area contributed by atoms with Crippen LogP contribution in [0.3, 0.4) is 0 Å². The van der Waals surface area contributed by atoms with E-state index in [1.54, 1.807) is 30.3 Å². The van der Waals surface area contributed by atoms with E-state index in [4.69, 9.17) is 4.52 Å². The summed E-state index contributed by atoms with van der Waals surface area (Å²) in [4.78, 5) is 43.8. The molecule has 0 saturated carbocycles. The highest BCUT2D eigenvalue weighted by molar-refractivity contribution is 6.35. The van der Waals surface area contributed by atoms with Crippen molar-refractivity contribution < 1.29 is 18.9 Å². The Kier molecular flexibility index (Phi) is 8.22. The van der Waals surface area contributed by atoms with E-state index >= 15 is 0 Å². The molecular formula is C31H39N7O4. The molecule has 1 saturated heterocycles. The number of anilines is 4. The van der Waals surface area contributed by atoms with Crippen molar-refractivity contribution in [2.24, 2.45) is 0 Å². The molecule has 0 unspecified atom stereocenters. The Hall–Kier alpha value is -4.38. The van der Waals surface area contributed by atoms with Gasteiger partial charge in [0.25, 0.3) is 5.91 Å². The topological polar surface area (TPSA) is 144 Å². The zero-order valence-corrected chi connectivity index (χ0v) is 24.9. The molecule has 11 heteroatoms. The van der Waals surface area contributed by atoms with Gasteiger partial charge in [-0.05, 0) is 63.6 Å². The molecule has 42 heavy (non-hydrogen) atoms. The maximum Gasteiger partial charge on any atom is 0.324 e. The number of fused-ring (bicyclic) bond motifs is 1. The average molecular weight is 574 g/mol. The van der Waals surface area contributed by atoms with Crippen LogP contribution in [0.25, 0.3) is 11.6 Å². The summed E-state index contributed by atoms with van der Waals surface area (Å²) in [6.07, 6.45) is 5.90. The number of amides is 4. The van der Waals surface area contributed by atoms with E-state index in [0.29, 0.717) is 34.9 Å². The molecule has 0 atom stereocenters. The van der Waals surface area contributed by atoms with E-state index in [9.17, 15) is 14.4 Å². The van der Waals surface area contributed by atoms with Crippen molar-refractivity contribution >= 4 is 52.4 Å². The van der Waals surface area contributed by atoms with Gasteiger partial charge in [0, 0.05) is 47.1 Å². The normalized spacial score (nSPS) is 16.3. The minimum Gasteiger partial charge on any atom is -0.359 e. The zero-order valence-electron chi connectivity index (χ0n) is 24.9. The molecule has 3 aromatic rings. The summed E-state index contributed by atoms with van der Waals surface area (Å²) < 4.78 is 5.31. The van der Waals surface area contributed by atoms with Crippen LogP contribution in [0.1, 0.15) is 74.7 Å². The third kappa shape index (κ3) is 6.57. The number of hydrogen-bond donors (Lipinski definition) is 5. The van der Waals surface area contributed by atoms with E-state index in [-0.39, 0.29) is 17.2 Å². The Labute approximate surface area is 245 Å². The highest BCUT2D eigenvalue weighted by Gasteiger charge is 2.26. The Bertz CT molecular complexity index is 1540. The van der Waals surface area contributed by atoms with Crippen LogP contribution >= 0.6 is 0 Å². The summed E-state index contributed by atoms with van der Waals surface area (Å²) in [6.45, 7) is 12.7. The van der Waals surface area contributed by atoms with Gasteiger partial charge in [0.2, 0.25) is 5.91 Å². The molecule has 0 bridgehead atoms. The number of hydrogen-bond acceptors (Lipinski definition) is 6. The molecule has 4 heterocycles. The van der Waals surface area contributed by atoms with Gasteiger partial charge in [0.05, 0.1) is 16.9 Å². The van der Waals surface area contributed by atoms with Crippen LogP contribution in [-0.4, -0.2) is 52.5 Å². The van der Waals surface area contributed by atoms with Crippen LogP contribution in [0.15, 0.2) is 28.8 Å². The number of rotatable bonds is 7. The molecule has 222 valence electrons. The van der Waals surface area contributed by atoms with Crippen LogP contribution in [0, 0.1) is 13.8 Å². The lowest BCUT2D eigenvalue weighted by Gasteiger charge is -2.25. The molecule has 1 fully saturated rings. The summed E-state index contributed by atoms with van der Waals surface area (Å²) in [7, 11) is 0. The summed E-state index contributed by atoms with van der Waals surface area (Å²) in [5.74, 6) is 0.706. The van der Waals surface area contributed by atoms with Crippen LogP contribution in [-0.2, 0) is 15.0 Å². The lowest BCUT2D eigenvalue weighted by molar-refractivity contribution is -0.116. The monoisotopic (exact) mass is 573 g/mol. The molecule has 4 amide bonds. The van der Waals surface area contributed by atoms with Crippen molar-refractivity contribution in [1.82, 2.24) is 15.0 Å². The molecule has 0 aliphatic carbocycles. The predicted molar refractivity (Wildman–Crippen MR) is 165 cm³/mol. The number of piperidine rings is 1. The number of urea groups is 1. The lowest BCUT2D eigenvalue weighted by atomic mass is 9.93. The van der Waals surface area contributed by atoms with Gasteiger partial charge < -0.3 is 30.4 Å². The number of H-pyrrole nitrogens is 1. The first kappa shape index (κ1) is 29.1. The van der Waals surface area contributed by atoms with Gasteiger partial charge in [-0.3, -0.25) is 14.9 Å². The molecule has 5 rings (SSSR count). The highest BCUT2D eigenvalue weighted by Crippen LogP contribution is 2.36. The standard InChI is InChI=1S/C31H39N7O4/c1-18-23(32-19(2)28(18)36-27(39)11-14-38-12-7-6-8-13-38)16-22-21-10-9-20(15-24(21)34-29(22)40)33-30(41)35-26-17-25(42-37-26)31(3,4)5/h9-10,15-17,32H,6-8,11-14H2,1-5H3,(H,34,40)(H,36,39)(H2,33,35,37,41). The van der Waals surface area contributed by atoms with Crippen molar-refractivity contribution in [1.29, 1.82) is 0 Å². The number of carbonyl (C=O) groups excluding carboxylic acids is 3. The minimum atomic E-state index is -0.480. The fraction of sp³-hybridized carbons (Fsp3) is 0.419. The number of aromatic amines is 1. The molecule has 11 nitrogen and oxygen atoms in total. The molecule has 1 aromatic carbocycles. The summed E-state index contributed by atoms with van der Waals surface area (Å²) in [6, 6.07) is 6.44. The molecule has 2 aliphatic rings. The van der Waals surface area contributed by atoms with Crippen LogP contribution in [0.5, 0.6) is 0 Å². The maximum atomic E-state index is 12.9. The van der Waals surface area contributed by atoms with Crippen LogP contribution in [0.4, 0.5) is 27.7 Å². The van der Waals surface area contributed by atoms with Gasteiger partial charge in [0.1, 0.15) is 5.76 Å². The first-order valence-corrected chi connectivity index (χ1v) is 14.4. The number of aromatic nitrogens is 2. The van der Waals surface area contributed by atoms with Crippen molar-refractivity contribution in [2.45, 2.75) is 65.7 Å². The Morgan fingerprint density at radius 1 is 1.07 bits per heavy atom. The second-order valence-corrected chi connectivity index (χ2v) is 12.0. The minimum absolute atomic E-state index is 0.0174. The predicted octanol–water partition coefficient (Wildman–Crippen LogP) is 5.87. The molecule has 2 aliphatic heterocycles. The van der Waals surface area contributed by atoms with Crippen LogP contribution in [0.2, 0.25) is 0 Å². The van der Waals surface area contributed by atoms with Crippen molar-refractivity contribution in [2.75, 3.05) is 40.9 Å². The second kappa shape index (κ2) is 11.8. The average Bonchev–Trinajstić information content (AvgIpc) is 3.60. The number of likely N-dealkylation sites (tertiary alicyclic amines) is 1.